The molecule has 0 amide bonds. The molecule has 0 aliphatic heterocycles. The molecule has 0 atom stereocenters. The van der Waals surface area contributed by atoms with Crippen LogP contribution in [0.1, 0.15) is 21.6 Å². The summed E-state index contributed by atoms with van der Waals surface area (Å²) in [5.41, 5.74) is -0.984. The summed E-state index contributed by atoms with van der Waals surface area (Å²) in [6.07, 6.45) is -4.70. The van der Waals surface area contributed by atoms with Crippen LogP contribution in [0.15, 0.2) is 30.3 Å². The number of aromatic nitrogens is 1. The first-order chi connectivity index (χ1) is 10.2. The van der Waals surface area contributed by atoms with Crippen molar-refractivity contribution in [1.29, 1.82) is 0 Å². The molecule has 1 aromatic carbocycles. The Kier molecular flexibility index (Phi) is 4.03. The average Bonchev–Trinajstić information content (AvgIpc) is 2.40. The van der Waals surface area contributed by atoms with Gasteiger partial charge in [-0.05, 0) is 42.8 Å². The number of halogens is 4. The maximum Gasteiger partial charge on any atom is 0.433 e. The van der Waals surface area contributed by atoms with Crippen LogP contribution in [0, 0.1) is 12.7 Å². The van der Waals surface area contributed by atoms with Crippen LogP contribution in [0.5, 0.6) is 0 Å². The number of aryl methyl sites for hydroxylation is 1. The smallest absolute Gasteiger partial charge is 0.433 e. The Balaban J connectivity index is 2.49. The van der Waals surface area contributed by atoms with E-state index in [9.17, 15) is 22.4 Å². The second-order valence-electron chi connectivity index (χ2n) is 4.48. The van der Waals surface area contributed by atoms with E-state index in [0.717, 1.165) is 18.2 Å². The van der Waals surface area contributed by atoms with Gasteiger partial charge >= 0.3 is 12.1 Å². The maximum absolute atomic E-state index is 13.0. The Morgan fingerprint density at radius 1 is 1.23 bits per heavy atom. The summed E-state index contributed by atoms with van der Waals surface area (Å²) in [4.78, 5) is 14.4. The van der Waals surface area contributed by atoms with Gasteiger partial charge in [-0.3, -0.25) is 0 Å². The Morgan fingerprint density at radius 2 is 1.91 bits per heavy atom. The molecule has 1 aromatic heterocycles. The van der Waals surface area contributed by atoms with Gasteiger partial charge in [0.2, 0.25) is 0 Å². The topological polar surface area (TPSA) is 62.2 Å². The van der Waals surface area contributed by atoms with Gasteiger partial charge in [-0.1, -0.05) is 0 Å². The zero-order valence-electron chi connectivity index (χ0n) is 11.2. The number of aromatic carboxylic acids is 1. The van der Waals surface area contributed by atoms with E-state index in [4.69, 9.17) is 5.11 Å². The molecule has 1 heterocycles. The number of pyridine rings is 1. The lowest BCUT2D eigenvalue weighted by molar-refractivity contribution is -0.141. The van der Waals surface area contributed by atoms with Crippen molar-refractivity contribution in [3.8, 4) is 0 Å². The zero-order valence-corrected chi connectivity index (χ0v) is 11.2. The normalized spacial score (nSPS) is 11.3. The molecule has 22 heavy (non-hydrogen) atoms. The lowest BCUT2D eigenvalue weighted by Gasteiger charge is -2.13. The highest BCUT2D eigenvalue weighted by Gasteiger charge is 2.33. The van der Waals surface area contributed by atoms with Crippen molar-refractivity contribution >= 4 is 17.5 Å². The quantitative estimate of drug-likeness (QED) is 0.841. The molecule has 4 nitrogen and oxygen atoms in total. The summed E-state index contributed by atoms with van der Waals surface area (Å²) >= 11 is 0. The second-order valence-corrected chi connectivity index (χ2v) is 4.48. The number of carbonyl (C=O) groups is 1. The van der Waals surface area contributed by atoms with Crippen molar-refractivity contribution in [2.75, 3.05) is 5.32 Å². The van der Waals surface area contributed by atoms with Crippen molar-refractivity contribution in [2.45, 2.75) is 13.1 Å². The van der Waals surface area contributed by atoms with Gasteiger partial charge in [-0.25, -0.2) is 14.2 Å². The Bertz CT molecular complexity index is 729. The van der Waals surface area contributed by atoms with Gasteiger partial charge in [0.25, 0.3) is 0 Å². The van der Waals surface area contributed by atoms with Crippen LogP contribution in [0.3, 0.4) is 0 Å². The minimum atomic E-state index is -4.70. The first-order valence-corrected chi connectivity index (χ1v) is 6.03. The summed E-state index contributed by atoms with van der Waals surface area (Å²) < 4.78 is 51.1. The molecule has 0 radical (unpaired) electrons. The maximum atomic E-state index is 13.0. The standard InChI is InChI=1S/C14H10F4N2O2/c1-7-6-8(15)2-4-10(7)19-12-9(13(21)22)3-5-11(20-12)14(16,17)18/h2-6H,1H3,(H,19,20)(H,21,22). The molecular weight excluding hydrogens is 304 g/mol. The van der Waals surface area contributed by atoms with Crippen molar-refractivity contribution < 1.29 is 27.5 Å². The third kappa shape index (κ3) is 3.33. The molecule has 2 aromatic rings. The van der Waals surface area contributed by atoms with E-state index in [2.05, 4.69) is 10.3 Å². The highest BCUT2D eigenvalue weighted by molar-refractivity contribution is 5.94. The van der Waals surface area contributed by atoms with E-state index in [1.165, 1.54) is 13.0 Å². The number of rotatable bonds is 3. The SMILES string of the molecule is Cc1cc(F)ccc1Nc1nc(C(F)(F)F)ccc1C(=O)O. The first kappa shape index (κ1) is 15.7. The fourth-order valence-electron chi connectivity index (χ4n) is 1.78. The molecule has 0 aliphatic rings. The van der Waals surface area contributed by atoms with Crippen LogP contribution in [-0.2, 0) is 6.18 Å². The van der Waals surface area contributed by atoms with Crippen molar-refractivity contribution in [3.63, 3.8) is 0 Å². The fourth-order valence-corrected chi connectivity index (χ4v) is 1.78. The van der Waals surface area contributed by atoms with Gasteiger partial charge in [0.05, 0.1) is 0 Å². The van der Waals surface area contributed by atoms with Crippen LogP contribution < -0.4 is 5.32 Å². The number of hydrogen-bond donors (Lipinski definition) is 2. The summed E-state index contributed by atoms with van der Waals surface area (Å²) in [5.74, 6) is -2.40. The monoisotopic (exact) mass is 314 g/mol. The molecule has 116 valence electrons. The van der Waals surface area contributed by atoms with Gasteiger partial charge in [-0.2, -0.15) is 13.2 Å². The molecule has 0 fully saturated rings. The number of anilines is 2. The van der Waals surface area contributed by atoms with Gasteiger partial charge in [0, 0.05) is 5.69 Å². The van der Waals surface area contributed by atoms with E-state index in [-0.39, 0.29) is 5.69 Å². The second kappa shape index (κ2) is 5.63. The Morgan fingerprint density at radius 3 is 2.45 bits per heavy atom. The molecule has 0 spiro atoms. The van der Waals surface area contributed by atoms with Crippen LogP contribution in [0.25, 0.3) is 0 Å². The lowest BCUT2D eigenvalue weighted by atomic mass is 10.1. The Hall–Kier alpha value is -2.64. The third-order valence-electron chi connectivity index (χ3n) is 2.86. The summed E-state index contributed by atoms with van der Waals surface area (Å²) in [5, 5.41) is 11.5. The number of alkyl halides is 3. The summed E-state index contributed by atoms with van der Waals surface area (Å²) in [6, 6.07) is 4.96. The largest absolute Gasteiger partial charge is 0.478 e. The van der Waals surface area contributed by atoms with E-state index < -0.39 is 35.0 Å². The van der Waals surface area contributed by atoms with Crippen molar-refractivity contribution in [3.05, 3.63) is 53.0 Å². The molecule has 0 saturated carbocycles. The van der Waals surface area contributed by atoms with Gasteiger partial charge < -0.3 is 10.4 Å². The molecule has 0 saturated heterocycles. The van der Waals surface area contributed by atoms with E-state index >= 15 is 0 Å². The molecule has 2 N–H and O–H groups in total. The number of hydrogen-bond acceptors (Lipinski definition) is 3. The van der Waals surface area contributed by atoms with Gasteiger partial charge in [0.1, 0.15) is 22.9 Å². The number of benzene rings is 1. The van der Waals surface area contributed by atoms with Gasteiger partial charge in [0.15, 0.2) is 0 Å². The lowest BCUT2D eigenvalue weighted by Crippen LogP contribution is -2.13. The van der Waals surface area contributed by atoms with Gasteiger partial charge in [-0.15, -0.1) is 0 Å². The number of carboxylic acids is 1. The van der Waals surface area contributed by atoms with Crippen molar-refractivity contribution in [1.82, 2.24) is 4.98 Å². The summed E-state index contributed by atoms with van der Waals surface area (Å²) in [6.45, 7) is 1.53. The number of carboxylic acid groups (broad SMARTS) is 1. The fraction of sp³-hybridized carbons (Fsp3) is 0.143. The molecular formula is C14H10F4N2O2. The molecule has 0 aliphatic carbocycles. The molecule has 2 rings (SSSR count). The van der Waals surface area contributed by atoms with Crippen LogP contribution in [-0.4, -0.2) is 16.1 Å². The van der Waals surface area contributed by atoms with Crippen LogP contribution >= 0.6 is 0 Å². The van der Waals surface area contributed by atoms with E-state index in [1.54, 1.807) is 0 Å². The minimum absolute atomic E-state index is 0.260. The zero-order chi connectivity index (χ0) is 16.5. The molecule has 0 bridgehead atoms. The minimum Gasteiger partial charge on any atom is -0.478 e. The van der Waals surface area contributed by atoms with E-state index in [0.29, 0.717) is 11.6 Å². The van der Waals surface area contributed by atoms with Crippen LogP contribution in [0.4, 0.5) is 29.1 Å². The first-order valence-electron chi connectivity index (χ1n) is 6.03. The third-order valence-corrected chi connectivity index (χ3v) is 2.86. The summed E-state index contributed by atoms with van der Waals surface area (Å²) in [7, 11) is 0. The predicted octanol–water partition coefficient (Wildman–Crippen LogP) is 3.99. The average molecular weight is 314 g/mol. The number of nitrogens with one attached hydrogen (secondary N) is 1. The highest BCUT2D eigenvalue weighted by Crippen LogP contribution is 2.31. The predicted molar refractivity (Wildman–Crippen MR) is 70.6 cm³/mol. The van der Waals surface area contributed by atoms with Crippen LogP contribution in [0.2, 0.25) is 0 Å². The molecule has 8 heteroatoms. The Labute approximate surface area is 122 Å². The molecule has 0 unspecified atom stereocenters. The van der Waals surface area contributed by atoms with E-state index in [1.807, 2.05) is 0 Å². The number of nitrogens with zero attached hydrogens (tertiary/aromatic N) is 1. The van der Waals surface area contributed by atoms with Crippen molar-refractivity contribution in [2.24, 2.45) is 0 Å². The highest BCUT2D eigenvalue weighted by atomic mass is 19.4.